The Balaban J connectivity index is 1.49. The second kappa shape index (κ2) is 9.93. The standard InChI is InChI=1S/C32H54O2/c1-9-24(20(2)3)11-10-21(4)26-14-15-28-25-12-13-27-22(5)30(34-23(6)33)17-19-32(27,8)29(25)16-18-31(26,28)7/h12,20-22,24,26-30H,9-11,13-19H2,1-8H3/t21?,22-,24+,26?,27-,28?,29?,30?,31?,32?/m0/s1. The van der Waals surface area contributed by atoms with E-state index in [1.165, 1.54) is 57.8 Å². The van der Waals surface area contributed by atoms with E-state index in [0.717, 1.165) is 41.9 Å². The molecule has 0 aromatic carbocycles. The first kappa shape index (κ1) is 26.3. The Bertz CT molecular complexity index is 767. The summed E-state index contributed by atoms with van der Waals surface area (Å²) >= 11 is 0. The van der Waals surface area contributed by atoms with Crippen LogP contribution in [0.1, 0.15) is 120 Å². The van der Waals surface area contributed by atoms with E-state index in [9.17, 15) is 4.79 Å². The lowest BCUT2D eigenvalue weighted by atomic mass is 9.46. The number of ether oxygens (including phenoxy) is 1. The van der Waals surface area contributed by atoms with E-state index in [1.54, 1.807) is 6.92 Å². The summed E-state index contributed by atoms with van der Waals surface area (Å²) in [5.41, 5.74) is 2.75. The minimum absolute atomic E-state index is 0.106. The lowest BCUT2D eigenvalue weighted by Crippen LogP contribution is -2.53. The first-order chi connectivity index (χ1) is 16.0. The SMILES string of the molecule is CC[C@H](CCC(C)C1CCC2C3=CC[C@H]4[C@H](C)C(OC(C)=O)CCC4(C)C3CCC21C)C(C)C. The number of hydrogen-bond acceptors (Lipinski definition) is 2. The van der Waals surface area contributed by atoms with E-state index in [1.807, 2.05) is 5.57 Å². The number of allylic oxidation sites excluding steroid dienone is 2. The second-order valence-corrected chi connectivity index (χ2v) is 13.9. The minimum atomic E-state index is -0.106. The van der Waals surface area contributed by atoms with Crippen molar-refractivity contribution in [1.82, 2.24) is 0 Å². The predicted molar refractivity (Wildman–Crippen MR) is 142 cm³/mol. The molecule has 0 spiro atoms. The number of carbonyl (C=O) groups is 1. The molecule has 4 rings (SSSR count). The van der Waals surface area contributed by atoms with E-state index >= 15 is 0 Å². The van der Waals surface area contributed by atoms with Crippen molar-refractivity contribution in [3.63, 3.8) is 0 Å². The Hall–Kier alpha value is -0.790. The summed E-state index contributed by atoms with van der Waals surface area (Å²) in [6.45, 7) is 19.0. The summed E-state index contributed by atoms with van der Waals surface area (Å²) in [5, 5.41) is 0. The molecule has 2 heteroatoms. The second-order valence-electron chi connectivity index (χ2n) is 13.9. The smallest absolute Gasteiger partial charge is 0.302 e. The van der Waals surface area contributed by atoms with Gasteiger partial charge in [0.25, 0.3) is 0 Å². The third-order valence-electron chi connectivity index (χ3n) is 12.1. The molecule has 194 valence electrons. The Kier molecular flexibility index (Phi) is 7.67. The number of esters is 1. The summed E-state index contributed by atoms with van der Waals surface area (Å²) in [7, 11) is 0. The van der Waals surface area contributed by atoms with Gasteiger partial charge < -0.3 is 4.74 Å². The van der Waals surface area contributed by atoms with Crippen molar-refractivity contribution >= 4 is 5.97 Å². The highest BCUT2D eigenvalue weighted by atomic mass is 16.5. The van der Waals surface area contributed by atoms with Crippen molar-refractivity contribution in [2.75, 3.05) is 0 Å². The Labute approximate surface area is 211 Å². The van der Waals surface area contributed by atoms with Crippen molar-refractivity contribution in [3.8, 4) is 0 Å². The zero-order chi connectivity index (χ0) is 24.8. The molecule has 3 saturated carbocycles. The Morgan fingerprint density at radius 3 is 2.35 bits per heavy atom. The molecule has 34 heavy (non-hydrogen) atoms. The van der Waals surface area contributed by atoms with Crippen LogP contribution in [0, 0.1) is 58.2 Å². The van der Waals surface area contributed by atoms with Gasteiger partial charge in [0.15, 0.2) is 0 Å². The molecule has 0 saturated heterocycles. The molecule has 0 aromatic rings. The van der Waals surface area contributed by atoms with E-state index in [-0.39, 0.29) is 12.1 Å². The molecule has 4 aliphatic rings. The van der Waals surface area contributed by atoms with Gasteiger partial charge in [-0.3, -0.25) is 4.79 Å². The van der Waals surface area contributed by atoms with Gasteiger partial charge in [-0.05, 0) is 110 Å². The molecule has 0 N–H and O–H groups in total. The van der Waals surface area contributed by atoms with Gasteiger partial charge in [-0.15, -0.1) is 0 Å². The van der Waals surface area contributed by atoms with Crippen LogP contribution in [0.15, 0.2) is 11.6 Å². The van der Waals surface area contributed by atoms with Crippen molar-refractivity contribution < 1.29 is 9.53 Å². The fourth-order valence-electron chi connectivity index (χ4n) is 9.97. The van der Waals surface area contributed by atoms with Crippen LogP contribution in [0.3, 0.4) is 0 Å². The molecule has 3 fully saturated rings. The van der Waals surface area contributed by atoms with Gasteiger partial charge in [-0.1, -0.05) is 73.0 Å². The van der Waals surface area contributed by atoms with Crippen LogP contribution in [0.2, 0.25) is 0 Å². The average molecular weight is 471 g/mol. The molecule has 0 bridgehead atoms. The number of hydrogen-bond donors (Lipinski definition) is 0. The van der Waals surface area contributed by atoms with Crippen LogP contribution < -0.4 is 0 Å². The topological polar surface area (TPSA) is 26.3 Å². The Morgan fingerprint density at radius 1 is 1.03 bits per heavy atom. The molecule has 2 nitrogen and oxygen atoms in total. The van der Waals surface area contributed by atoms with E-state index in [4.69, 9.17) is 4.74 Å². The van der Waals surface area contributed by atoms with Gasteiger partial charge in [0.2, 0.25) is 0 Å². The minimum Gasteiger partial charge on any atom is -0.462 e. The molecule has 4 aliphatic carbocycles. The van der Waals surface area contributed by atoms with Gasteiger partial charge >= 0.3 is 5.97 Å². The van der Waals surface area contributed by atoms with Crippen LogP contribution in [-0.4, -0.2) is 12.1 Å². The first-order valence-corrected chi connectivity index (χ1v) is 14.9. The highest BCUT2D eigenvalue weighted by Gasteiger charge is 2.59. The number of rotatable bonds is 7. The third kappa shape index (κ3) is 4.43. The van der Waals surface area contributed by atoms with Crippen molar-refractivity contribution in [1.29, 1.82) is 0 Å². The summed E-state index contributed by atoms with van der Waals surface area (Å²) in [6, 6.07) is 0. The molecule has 0 aliphatic heterocycles. The van der Waals surface area contributed by atoms with Crippen LogP contribution in [0.25, 0.3) is 0 Å². The van der Waals surface area contributed by atoms with Gasteiger partial charge in [0.1, 0.15) is 6.10 Å². The Morgan fingerprint density at radius 2 is 1.71 bits per heavy atom. The summed E-state index contributed by atoms with van der Waals surface area (Å²) < 4.78 is 5.76. The van der Waals surface area contributed by atoms with Gasteiger partial charge in [-0.25, -0.2) is 0 Å². The molecular formula is C32H54O2. The van der Waals surface area contributed by atoms with E-state index < -0.39 is 0 Å². The van der Waals surface area contributed by atoms with Gasteiger partial charge in [-0.2, -0.15) is 0 Å². The maximum atomic E-state index is 11.7. The molecule has 7 unspecified atom stereocenters. The van der Waals surface area contributed by atoms with Crippen molar-refractivity contribution in [2.45, 2.75) is 126 Å². The summed E-state index contributed by atoms with van der Waals surface area (Å²) in [4.78, 5) is 11.7. The van der Waals surface area contributed by atoms with E-state index in [0.29, 0.717) is 22.7 Å². The normalized spacial score (nSPS) is 43.4. The largest absolute Gasteiger partial charge is 0.462 e. The van der Waals surface area contributed by atoms with Gasteiger partial charge in [0, 0.05) is 6.92 Å². The molecule has 0 aromatic heterocycles. The van der Waals surface area contributed by atoms with Gasteiger partial charge in [0.05, 0.1) is 0 Å². The third-order valence-corrected chi connectivity index (χ3v) is 12.1. The van der Waals surface area contributed by atoms with Crippen LogP contribution >= 0.6 is 0 Å². The zero-order valence-electron chi connectivity index (χ0n) is 23.7. The lowest BCUT2D eigenvalue weighted by Gasteiger charge is -2.59. The summed E-state index contributed by atoms with van der Waals surface area (Å²) in [6.07, 6.45) is 16.1. The number of fused-ring (bicyclic) bond motifs is 5. The maximum Gasteiger partial charge on any atom is 0.302 e. The van der Waals surface area contributed by atoms with Crippen LogP contribution in [0.4, 0.5) is 0 Å². The highest BCUT2D eigenvalue weighted by Crippen LogP contribution is 2.67. The first-order valence-electron chi connectivity index (χ1n) is 14.9. The van der Waals surface area contributed by atoms with Crippen LogP contribution in [-0.2, 0) is 9.53 Å². The zero-order valence-corrected chi connectivity index (χ0v) is 23.7. The van der Waals surface area contributed by atoms with Crippen molar-refractivity contribution in [3.05, 3.63) is 11.6 Å². The maximum absolute atomic E-state index is 11.7. The van der Waals surface area contributed by atoms with Crippen LogP contribution in [0.5, 0.6) is 0 Å². The average Bonchev–Trinajstić information content (AvgIpc) is 3.13. The highest BCUT2D eigenvalue weighted by molar-refractivity contribution is 5.66. The monoisotopic (exact) mass is 470 g/mol. The summed E-state index contributed by atoms with van der Waals surface area (Å²) in [5.74, 6) is 6.04. The fraction of sp³-hybridized carbons (Fsp3) is 0.906. The van der Waals surface area contributed by atoms with E-state index in [2.05, 4.69) is 54.5 Å². The van der Waals surface area contributed by atoms with Crippen molar-refractivity contribution in [2.24, 2.45) is 58.2 Å². The predicted octanol–water partition coefficient (Wildman–Crippen LogP) is 8.84. The molecular weight excluding hydrogens is 416 g/mol. The number of carbonyl (C=O) groups excluding carboxylic acids is 1. The molecule has 10 atom stereocenters. The molecule has 0 amide bonds. The lowest BCUT2D eigenvalue weighted by molar-refractivity contribution is -0.158. The quantitative estimate of drug-likeness (QED) is 0.274. The fourth-order valence-corrected chi connectivity index (χ4v) is 9.97. The molecule has 0 heterocycles. The molecule has 0 radical (unpaired) electrons.